The molecule has 1 heterocycles. The van der Waals surface area contributed by atoms with E-state index in [9.17, 15) is 4.79 Å². The molecule has 0 aromatic heterocycles. The van der Waals surface area contributed by atoms with E-state index < -0.39 is 5.97 Å². The van der Waals surface area contributed by atoms with Crippen LogP contribution >= 0.6 is 11.8 Å². The van der Waals surface area contributed by atoms with Gasteiger partial charge >= 0.3 is 5.97 Å². The van der Waals surface area contributed by atoms with E-state index in [0.29, 0.717) is 11.4 Å². The molecule has 0 spiro atoms. The second-order valence-electron chi connectivity index (χ2n) is 2.01. The van der Waals surface area contributed by atoms with Crippen LogP contribution in [-0.2, 0) is 9.53 Å². The first kappa shape index (κ1) is 8.81. The van der Waals surface area contributed by atoms with Crippen molar-refractivity contribution in [1.29, 1.82) is 5.26 Å². The second-order valence-corrected chi connectivity index (χ2v) is 2.97. The van der Waals surface area contributed by atoms with Crippen molar-refractivity contribution < 1.29 is 9.53 Å². The highest BCUT2D eigenvalue weighted by molar-refractivity contribution is 8.16. The number of hydrogen-bond donors (Lipinski definition) is 0. The van der Waals surface area contributed by atoms with Crippen LogP contribution in [0.15, 0.2) is 17.3 Å². The van der Waals surface area contributed by atoms with Crippen molar-refractivity contribution in [3.63, 3.8) is 0 Å². The van der Waals surface area contributed by atoms with E-state index in [4.69, 9.17) is 5.26 Å². The summed E-state index contributed by atoms with van der Waals surface area (Å²) in [6.45, 7) is 3.35. The van der Waals surface area contributed by atoms with Gasteiger partial charge in [0.25, 0.3) is 0 Å². The molecule has 0 aromatic carbocycles. The molecule has 4 nitrogen and oxygen atoms in total. The van der Waals surface area contributed by atoms with Crippen molar-refractivity contribution in [3.8, 4) is 6.07 Å². The minimum Gasteiger partial charge on any atom is -0.445 e. The standard InChI is InChI=1S/C7H6N2O2S/c1-5-4-12-6(9-5)7(10)11-3-2-8/h1,3-4H2. The first-order chi connectivity index (χ1) is 5.74. The zero-order valence-corrected chi connectivity index (χ0v) is 7.06. The minimum atomic E-state index is -0.541. The van der Waals surface area contributed by atoms with Gasteiger partial charge in [0.1, 0.15) is 6.07 Å². The summed E-state index contributed by atoms with van der Waals surface area (Å²) in [6.07, 6.45) is 0. The molecular weight excluding hydrogens is 176 g/mol. The van der Waals surface area contributed by atoms with Gasteiger partial charge < -0.3 is 4.74 Å². The molecule has 0 radical (unpaired) electrons. The molecule has 62 valence electrons. The average molecular weight is 182 g/mol. The molecule has 0 N–H and O–H groups in total. The Hall–Kier alpha value is -1.28. The number of ether oxygens (including phenoxy) is 1. The summed E-state index contributed by atoms with van der Waals surface area (Å²) < 4.78 is 4.53. The predicted molar refractivity (Wildman–Crippen MR) is 45.6 cm³/mol. The van der Waals surface area contributed by atoms with Crippen LogP contribution < -0.4 is 0 Å². The minimum absolute atomic E-state index is 0.231. The second kappa shape index (κ2) is 3.93. The summed E-state index contributed by atoms with van der Waals surface area (Å²) in [5, 5.41) is 8.41. The fourth-order valence-corrected chi connectivity index (χ4v) is 1.36. The molecule has 0 saturated heterocycles. The summed E-state index contributed by atoms with van der Waals surface area (Å²) >= 11 is 1.28. The van der Waals surface area contributed by atoms with Crippen molar-refractivity contribution in [3.05, 3.63) is 12.3 Å². The number of carbonyl (C=O) groups excluding carboxylic acids is 1. The van der Waals surface area contributed by atoms with Gasteiger partial charge in [-0.15, -0.1) is 0 Å². The van der Waals surface area contributed by atoms with Gasteiger partial charge in [-0.2, -0.15) is 5.26 Å². The number of carbonyl (C=O) groups is 1. The van der Waals surface area contributed by atoms with Gasteiger partial charge in [0.2, 0.25) is 0 Å². The molecule has 0 unspecified atom stereocenters. The molecule has 0 aliphatic carbocycles. The zero-order chi connectivity index (χ0) is 8.97. The number of thioether (sulfide) groups is 1. The maximum absolute atomic E-state index is 11.0. The first-order valence-electron chi connectivity index (χ1n) is 3.17. The summed E-state index contributed by atoms with van der Waals surface area (Å²) in [7, 11) is 0. The van der Waals surface area contributed by atoms with Crippen molar-refractivity contribution in [2.45, 2.75) is 0 Å². The molecule has 0 aromatic rings. The lowest BCUT2D eigenvalue weighted by atomic mass is 10.6. The third kappa shape index (κ3) is 2.10. The number of nitriles is 1. The number of hydrogen-bond acceptors (Lipinski definition) is 5. The van der Waals surface area contributed by atoms with Crippen LogP contribution in [0, 0.1) is 11.3 Å². The Morgan fingerprint density at radius 2 is 2.67 bits per heavy atom. The molecule has 12 heavy (non-hydrogen) atoms. The van der Waals surface area contributed by atoms with E-state index in [1.165, 1.54) is 11.8 Å². The van der Waals surface area contributed by atoms with Crippen LogP contribution in [0.1, 0.15) is 0 Å². The molecule has 0 amide bonds. The SMILES string of the molecule is C=C1CSC(C(=O)OCC#N)=N1. The number of rotatable bonds is 2. The highest BCUT2D eigenvalue weighted by Gasteiger charge is 2.19. The lowest BCUT2D eigenvalue weighted by molar-refractivity contribution is -0.133. The number of nitrogens with zero attached hydrogens (tertiary/aromatic N) is 2. The number of esters is 1. The van der Waals surface area contributed by atoms with E-state index in [0.717, 1.165) is 0 Å². The molecule has 0 atom stereocenters. The van der Waals surface area contributed by atoms with Crippen molar-refractivity contribution >= 4 is 22.8 Å². The lowest BCUT2D eigenvalue weighted by Crippen LogP contribution is -2.12. The fourth-order valence-electron chi connectivity index (χ4n) is 0.624. The Labute approximate surface area is 73.9 Å². The Bertz CT molecular complexity index is 290. The third-order valence-corrected chi connectivity index (χ3v) is 2.09. The van der Waals surface area contributed by atoms with Crippen LogP contribution in [0.5, 0.6) is 0 Å². The topological polar surface area (TPSA) is 62.5 Å². The van der Waals surface area contributed by atoms with E-state index in [-0.39, 0.29) is 11.7 Å². The van der Waals surface area contributed by atoms with Crippen molar-refractivity contribution in [2.24, 2.45) is 4.99 Å². The summed E-state index contributed by atoms with van der Waals surface area (Å²) in [4.78, 5) is 14.8. The molecular formula is C7H6N2O2S. The van der Waals surface area contributed by atoms with Gasteiger partial charge in [-0.1, -0.05) is 18.3 Å². The van der Waals surface area contributed by atoms with Gasteiger partial charge in [-0.3, -0.25) is 0 Å². The van der Waals surface area contributed by atoms with Crippen molar-refractivity contribution in [1.82, 2.24) is 0 Å². The van der Waals surface area contributed by atoms with Crippen LogP contribution in [0.2, 0.25) is 0 Å². The quantitative estimate of drug-likeness (QED) is 0.590. The predicted octanol–water partition coefficient (Wildman–Crippen LogP) is 0.712. The molecule has 1 rings (SSSR count). The molecule has 0 saturated carbocycles. The highest BCUT2D eigenvalue weighted by Crippen LogP contribution is 2.19. The van der Waals surface area contributed by atoms with Gasteiger partial charge in [0, 0.05) is 11.4 Å². The normalized spacial score (nSPS) is 15.2. The van der Waals surface area contributed by atoms with Crippen LogP contribution in [0.25, 0.3) is 0 Å². The van der Waals surface area contributed by atoms with Crippen LogP contribution in [0.3, 0.4) is 0 Å². The van der Waals surface area contributed by atoms with Crippen LogP contribution in [0.4, 0.5) is 0 Å². The van der Waals surface area contributed by atoms with E-state index in [1.54, 1.807) is 6.07 Å². The van der Waals surface area contributed by atoms with Gasteiger partial charge in [0.15, 0.2) is 11.7 Å². The van der Waals surface area contributed by atoms with Crippen molar-refractivity contribution in [2.75, 3.05) is 12.4 Å². The smallest absolute Gasteiger partial charge is 0.364 e. The molecule has 1 aliphatic rings. The molecule has 0 bridgehead atoms. The highest BCUT2D eigenvalue weighted by atomic mass is 32.2. The summed E-state index contributed by atoms with van der Waals surface area (Å²) in [6, 6.07) is 1.70. The van der Waals surface area contributed by atoms with E-state index in [2.05, 4.69) is 16.3 Å². The maximum atomic E-state index is 11.0. The Morgan fingerprint density at radius 3 is 3.17 bits per heavy atom. The Balaban J connectivity index is 2.49. The van der Waals surface area contributed by atoms with Gasteiger partial charge in [-0.05, 0) is 0 Å². The summed E-state index contributed by atoms with van der Waals surface area (Å²) in [5.41, 5.74) is 0.656. The molecule has 1 aliphatic heterocycles. The Kier molecular flexibility index (Phi) is 2.88. The Morgan fingerprint density at radius 1 is 1.92 bits per heavy atom. The van der Waals surface area contributed by atoms with E-state index in [1.807, 2.05) is 0 Å². The number of aliphatic imine (C=N–C) groups is 1. The fraction of sp³-hybridized carbons (Fsp3) is 0.286. The lowest BCUT2D eigenvalue weighted by Gasteiger charge is -1.96. The average Bonchev–Trinajstić information content (AvgIpc) is 2.47. The van der Waals surface area contributed by atoms with Crippen LogP contribution in [-0.4, -0.2) is 23.4 Å². The zero-order valence-electron chi connectivity index (χ0n) is 6.24. The van der Waals surface area contributed by atoms with Gasteiger partial charge in [0.05, 0.1) is 0 Å². The molecule has 5 heteroatoms. The largest absolute Gasteiger partial charge is 0.445 e. The summed E-state index contributed by atoms with van der Waals surface area (Å²) in [5.74, 6) is 0.0805. The first-order valence-corrected chi connectivity index (χ1v) is 4.16. The maximum Gasteiger partial charge on any atom is 0.364 e. The monoisotopic (exact) mass is 182 g/mol. The third-order valence-electron chi connectivity index (χ3n) is 1.08. The van der Waals surface area contributed by atoms with Gasteiger partial charge in [-0.25, -0.2) is 9.79 Å². The van der Waals surface area contributed by atoms with E-state index >= 15 is 0 Å². The molecule has 0 fully saturated rings.